The second kappa shape index (κ2) is 13.1. The zero-order chi connectivity index (χ0) is 22.5. The third kappa shape index (κ3) is 18.9. The Balaban J connectivity index is 3.69. The zero-order valence-electron chi connectivity index (χ0n) is 18.2. The molecule has 0 aliphatic carbocycles. The van der Waals surface area contributed by atoms with Crippen LogP contribution in [0, 0.1) is 0 Å². The van der Waals surface area contributed by atoms with Crippen molar-refractivity contribution in [2.75, 3.05) is 13.1 Å². The molecule has 29 heavy (non-hydrogen) atoms. The highest BCUT2D eigenvalue weighted by atomic mass is 16.7. The molecule has 0 spiro atoms. The number of carbonyl (C=O) groups excluding carboxylic acids is 4. The fourth-order valence-electron chi connectivity index (χ4n) is 1.85. The molecule has 0 unspecified atom stereocenters. The first-order valence-electron chi connectivity index (χ1n) is 9.57. The molecule has 10 nitrogen and oxygen atoms in total. The van der Waals surface area contributed by atoms with E-state index in [1.165, 1.54) is 0 Å². The van der Waals surface area contributed by atoms with Crippen molar-refractivity contribution in [3.63, 3.8) is 0 Å². The monoisotopic (exact) mass is 418 g/mol. The van der Waals surface area contributed by atoms with Crippen molar-refractivity contribution >= 4 is 23.9 Å². The number of esters is 2. The van der Waals surface area contributed by atoms with Gasteiger partial charge in [-0.3, -0.25) is 9.59 Å². The molecule has 0 radical (unpaired) electrons. The number of hydrogen-bond donors (Lipinski definition) is 2. The summed E-state index contributed by atoms with van der Waals surface area (Å²) in [6.45, 7) is 11.1. The minimum absolute atomic E-state index is 0.178. The number of hydrogen-bond acceptors (Lipinski definition) is 10. The second-order valence-electron chi connectivity index (χ2n) is 8.29. The van der Waals surface area contributed by atoms with Crippen LogP contribution in [-0.4, -0.2) is 48.2 Å². The zero-order valence-corrected chi connectivity index (χ0v) is 18.2. The molecule has 0 aliphatic heterocycles. The van der Waals surface area contributed by atoms with E-state index in [4.69, 9.17) is 9.47 Å². The molecule has 0 atom stereocenters. The van der Waals surface area contributed by atoms with Crippen LogP contribution in [0.4, 0.5) is 0 Å². The third-order valence-electron chi connectivity index (χ3n) is 2.82. The normalized spacial score (nSPS) is 11.5. The van der Waals surface area contributed by atoms with E-state index in [0.29, 0.717) is 12.8 Å². The van der Waals surface area contributed by atoms with Crippen LogP contribution in [0.5, 0.6) is 0 Å². The van der Waals surface area contributed by atoms with Gasteiger partial charge in [0.1, 0.15) is 17.6 Å². The highest BCUT2D eigenvalue weighted by molar-refractivity contribution is 5.90. The van der Waals surface area contributed by atoms with Crippen LogP contribution < -0.4 is 11.0 Å². The topological polar surface area (TPSA) is 129 Å². The van der Waals surface area contributed by atoms with Gasteiger partial charge >= 0.3 is 23.9 Å². The predicted octanol–water partition coefficient (Wildman–Crippen LogP) is 1.72. The summed E-state index contributed by atoms with van der Waals surface area (Å²) < 4.78 is 10.3. The van der Waals surface area contributed by atoms with E-state index in [0.717, 1.165) is 0 Å². The Morgan fingerprint density at radius 1 is 0.621 bits per heavy atom. The van der Waals surface area contributed by atoms with Gasteiger partial charge in [-0.1, -0.05) is 0 Å². The van der Waals surface area contributed by atoms with Crippen LogP contribution in [0.2, 0.25) is 0 Å². The van der Waals surface area contributed by atoms with E-state index in [2.05, 4.69) is 20.6 Å². The molecule has 0 bridgehead atoms. The Morgan fingerprint density at radius 3 is 1.28 bits per heavy atom. The summed E-state index contributed by atoms with van der Waals surface area (Å²) in [5.41, 5.74) is 3.68. The van der Waals surface area contributed by atoms with E-state index < -0.39 is 29.6 Å². The molecular formula is C19H34N2O8. The maximum atomic E-state index is 11.5. The van der Waals surface area contributed by atoms with Gasteiger partial charge in [0, 0.05) is 25.9 Å². The summed E-state index contributed by atoms with van der Waals surface area (Å²) in [5, 5.41) is 0. The Morgan fingerprint density at radius 2 is 0.966 bits per heavy atom. The van der Waals surface area contributed by atoms with Gasteiger partial charge in [-0.25, -0.2) is 9.59 Å². The molecule has 0 aromatic heterocycles. The summed E-state index contributed by atoms with van der Waals surface area (Å²) in [5.74, 6) is -2.32. The lowest BCUT2D eigenvalue weighted by Crippen LogP contribution is -2.28. The van der Waals surface area contributed by atoms with Crippen LogP contribution in [-0.2, 0) is 38.3 Å². The fourth-order valence-corrected chi connectivity index (χ4v) is 1.85. The molecule has 0 saturated heterocycles. The molecule has 10 heteroatoms. The molecule has 0 saturated carbocycles. The van der Waals surface area contributed by atoms with Crippen molar-refractivity contribution in [3.05, 3.63) is 0 Å². The van der Waals surface area contributed by atoms with E-state index in [9.17, 15) is 19.2 Å². The van der Waals surface area contributed by atoms with Crippen molar-refractivity contribution in [1.82, 2.24) is 11.0 Å². The van der Waals surface area contributed by atoms with Gasteiger partial charge in [-0.15, -0.1) is 0 Å². The molecule has 0 aliphatic rings. The van der Waals surface area contributed by atoms with Crippen LogP contribution >= 0.6 is 0 Å². The molecule has 2 N–H and O–H groups in total. The minimum atomic E-state index is -0.817. The van der Waals surface area contributed by atoms with Gasteiger partial charge in [0.25, 0.3) is 0 Å². The van der Waals surface area contributed by atoms with Crippen molar-refractivity contribution in [1.29, 1.82) is 0 Å². The Kier molecular flexibility index (Phi) is 12.1. The SMILES string of the molecule is CC(C)(C)OC(=O)CCCNOC(=O)CC(=O)ONCCCC(=O)OC(C)(C)C. The number of rotatable bonds is 12. The van der Waals surface area contributed by atoms with Crippen LogP contribution in [0.1, 0.15) is 73.6 Å². The van der Waals surface area contributed by atoms with Gasteiger partial charge in [0.2, 0.25) is 0 Å². The molecule has 0 rings (SSSR count). The summed E-state index contributed by atoms with van der Waals surface area (Å²) in [6, 6.07) is 0. The van der Waals surface area contributed by atoms with Crippen LogP contribution in [0.3, 0.4) is 0 Å². The Hall–Kier alpha value is -2.20. The lowest BCUT2D eigenvalue weighted by Gasteiger charge is -2.19. The van der Waals surface area contributed by atoms with Crippen LogP contribution in [0.15, 0.2) is 0 Å². The average Bonchev–Trinajstić information content (AvgIpc) is 2.50. The van der Waals surface area contributed by atoms with Crippen LogP contribution in [0.25, 0.3) is 0 Å². The number of ether oxygens (including phenoxy) is 2. The Bertz CT molecular complexity index is 501. The standard InChI is InChI=1S/C19H34N2O8/c1-18(2,3)26-14(22)9-7-11-20-28-16(24)13-17(25)29-21-12-8-10-15(23)27-19(4,5)6/h20-21H,7-13H2,1-6H3. The molecule has 168 valence electrons. The smallest absolute Gasteiger partial charge is 0.335 e. The summed E-state index contributed by atoms with van der Waals surface area (Å²) in [4.78, 5) is 55.3. The van der Waals surface area contributed by atoms with Crippen molar-refractivity contribution < 1.29 is 38.3 Å². The molecule has 0 amide bonds. The van der Waals surface area contributed by atoms with Gasteiger partial charge in [0.15, 0.2) is 0 Å². The number of carbonyl (C=O) groups is 4. The highest BCUT2D eigenvalue weighted by Crippen LogP contribution is 2.09. The molecule has 0 aromatic carbocycles. The quantitative estimate of drug-likeness (QED) is 0.159. The average molecular weight is 418 g/mol. The predicted molar refractivity (Wildman–Crippen MR) is 103 cm³/mol. The Labute approximate surface area is 171 Å². The van der Waals surface area contributed by atoms with Gasteiger partial charge in [-0.05, 0) is 54.4 Å². The van der Waals surface area contributed by atoms with Crippen molar-refractivity contribution in [2.24, 2.45) is 0 Å². The maximum Gasteiger partial charge on any atom is 0.335 e. The van der Waals surface area contributed by atoms with E-state index in [1.54, 1.807) is 41.5 Å². The minimum Gasteiger partial charge on any atom is -0.460 e. The largest absolute Gasteiger partial charge is 0.460 e. The van der Waals surface area contributed by atoms with Gasteiger partial charge in [-0.2, -0.15) is 11.0 Å². The molecule has 0 fully saturated rings. The maximum absolute atomic E-state index is 11.5. The third-order valence-corrected chi connectivity index (χ3v) is 2.82. The first kappa shape index (κ1) is 26.8. The first-order valence-corrected chi connectivity index (χ1v) is 9.57. The number of nitrogens with one attached hydrogen (secondary N) is 2. The lowest BCUT2D eigenvalue weighted by atomic mass is 10.2. The summed E-state index contributed by atoms with van der Waals surface area (Å²) in [7, 11) is 0. The van der Waals surface area contributed by atoms with E-state index >= 15 is 0 Å². The van der Waals surface area contributed by atoms with E-state index in [-0.39, 0.29) is 37.9 Å². The summed E-state index contributed by atoms with van der Waals surface area (Å²) in [6.07, 6.45) is 0.587. The molecule has 0 aromatic rings. The number of hydroxylamine groups is 2. The molecular weight excluding hydrogens is 384 g/mol. The van der Waals surface area contributed by atoms with E-state index in [1.807, 2.05) is 0 Å². The lowest BCUT2D eigenvalue weighted by molar-refractivity contribution is -0.162. The summed E-state index contributed by atoms with van der Waals surface area (Å²) >= 11 is 0. The first-order chi connectivity index (χ1) is 13.3. The molecule has 0 heterocycles. The van der Waals surface area contributed by atoms with Crippen molar-refractivity contribution in [2.45, 2.75) is 84.8 Å². The van der Waals surface area contributed by atoms with Gasteiger partial charge in [0.05, 0.1) is 0 Å². The second-order valence-corrected chi connectivity index (χ2v) is 8.29. The highest BCUT2D eigenvalue weighted by Gasteiger charge is 2.17. The van der Waals surface area contributed by atoms with Crippen molar-refractivity contribution in [3.8, 4) is 0 Å². The van der Waals surface area contributed by atoms with Gasteiger partial charge < -0.3 is 19.1 Å². The fraction of sp³-hybridized carbons (Fsp3) is 0.789.